The number of nitrogens with one attached hydrogen (secondary N) is 2. The third-order valence-electron chi connectivity index (χ3n) is 4.28. The first kappa shape index (κ1) is 15.7. The Morgan fingerprint density at radius 3 is 2.83 bits per heavy atom. The highest BCUT2D eigenvalue weighted by molar-refractivity contribution is 6.02. The van der Waals surface area contributed by atoms with Crippen LogP contribution in [0.15, 0.2) is 18.3 Å². The first-order valence-electron chi connectivity index (χ1n) is 8.16. The van der Waals surface area contributed by atoms with Gasteiger partial charge < -0.3 is 9.88 Å². The number of carbonyl (C=O) groups is 1. The van der Waals surface area contributed by atoms with Gasteiger partial charge in [-0.3, -0.25) is 10.1 Å². The fourth-order valence-electron chi connectivity index (χ4n) is 2.97. The van der Waals surface area contributed by atoms with Crippen LogP contribution in [0.5, 0.6) is 0 Å². The Labute approximate surface area is 136 Å². The second-order valence-corrected chi connectivity index (χ2v) is 6.29. The maximum atomic E-state index is 12.5. The molecule has 3 heterocycles. The second kappa shape index (κ2) is 6.54. The van der Waals surface area contributed by atoms with Crippen LogP contribution >= 0.6 is 0 Å². The lowest BCUT2D eigenvalue weighted by Gasteiger charge is -2.19. The quantitative estimate of drug-likeness (QED) is 0.903. The monoisotopic (exact) mass is 316 g/mol. The molecule has 2 N–H and O–H groups in total. The summed E-state index contributed by atoms with van der Waals surface area (Å²) in [6.07, 6.45) is 3.98. The van der Waals surface area contributed by atoms with Gasteiger partial charge in [-0.05, 0) is 51.9 Å². The average Bonchev–Trinajstić information content (AvgIpc) is 3.16. The highest BCUT2D eigenvalue weighted by atomic mass is 16.2. The summed E-state index contributed by atoms with van der Waals surface area (Å²) in [5, 5.41) is 10.7. The minimum Gasteiger partial charge on any atom is -0.341 e. The molecule has 1 aliphatic rings. The molecular weight excluding hydrogens is 292 g/mol. The zero-order chi connectivity index (χ0) is 16.4. The van der Waals surface area contributed by atoms with E-state index in [1.165, 1.54) is 0 Å². The number of amides is 1. The molecule has 1 aliphatic heterocycles. The van der Waals surface area contributed by atoms with Gasteiger partial charge in [-0.25, -0.2) is 4.68 Å². The molecular formula is C16H24N6O. The zero-order valence-corrected chi connectivity index (χ0v) is 13.9. The van der Waals surface area contributed by atoms with E-state index in [1.54, 1.807) is 4.68 Å². The van der Waals surface area contributed by atoms with Crippen LogP contribution in [0.1, 0.15) is 55.0 Å². The maximum Gasteiger partial charge on any atom is 0.274 e. The van der Waals surface area contributed by atoms with Crippen LogP contribution in [-0.4, -0.2) is 38.3 Å². The third kappa shape index (κ3) is 3.29. The van der Waals surface area contributed by atoms with Crippen LogP contribution in [0.25, 0.3) is 0 Å². The van der Waals surface area contributed by atoms with Crippen molar-refractivity contribution in [1.82, 2.24) is 24.6 Å². The SMILES string of the molecule is CC(C)n1cccc1C(=O)Nc1nc(C2CCNCC2)nn1C. The second-order valence-electron chi connectivity index (χ2n) is 6.29. The van der Waals surface area contributed by atoms with Crippen LogP contribution in [0.2, 0.25) is 0 Å². The minimum atomic E-state index is -0.156. The summed E-state index contributed by atoms with van der Waals surface area (Å²) >= 11 is 0. The molecule has 3 rings (SSSR count). The molecule has 0 bridgehead atoms. The average molecular weight is 316 g/mol. The number of hydrogen-bond acceptors (Lipinski definition) is 4. The lowest BCUT2D eigenvalue weighted by molar-refractivity contribution is 0.101. The van der Waals surface area contributed by atoms with E-state index in [0.717, 1.165) is 31.8 Å². The Bertz CT molecular complexity index is 681. The first-order valence-corrected chi connectivity index (χ1v) is 8.16. The van der Waals surface area contributed by atoms with Gasteiger partial charge in [0.05, 0.1) is 0 Å². The van der Waals surface area contributed by atoms with Gasteiger partial charge in [0.2, 0.25) is 5.95 Å². The normalized spacial score (nSPS) is 16.0. The van der Waals surface area contributed by atoms with Crippen molar-refractivity contribution >= 4 is 11.9 Å². The van der Waals surface area contributed by atoms with Crippen molar-refractivity contribution in [3.05, 3.63) is 29.8 Å². The summed E-state index contributed by atoms with van der Waals surface area (Å²) in [6.45, 7) is 6.08. The fourth-order valence-corrected chi connectivity index (χ4v) is 2.97. The Kier molecular flexibility index (Phi) is 4.47. The largest absolute Gasteiger partial charge is 0.341 e. The number of nitrogens with zero attached hydrogens (tertiary/aromatic N) is 4. The summed E-state index contributed by atoms with van der Waals surface area (Å²) < 4.78 is 3.59. The van der Waals surface area contributed by atoms with Crippen molar-refractivity contribution < 1.29 is 4.79 Å². The molecule has 0 unspecified atom stereocenters. The van der Waals surface area contributed by atoms with E-state index >= 15 is 0 Å². The lowest BCUT2D eigenvalue weighted by Crippen LogP contribution is -2.27. The summed E-state index contributed by atoms with van der Waals surface area (Å²) in [5.74, 6) is 1.53. The Hall–Kier alpha value is -2.15. The van der Waals surface area contributed by atoms with Gasteiger partial charge in [-0.2, -0.15) is 10.1 Å². The Morgan fingerprint density at radius 1 is 1.39 bits per heavy atom. The summed E-state index contributed by atoms with van der Waals surface area (Å²) in [5.41, 5.74) is 0.631. The molecule has 0 aliphatic carbocycles. The van der Waals surface area contributed by atoms with Crippen molar-refractivity contribution in [3.63, 3.8) is 0 Å². The van der Waals surface area contributed by atoms with E-state index < -0.39 is 0 Å². The van der Waals surface area contributed by atoms with Crippen molar-refractivity contribution in [2.75, 3.05) is 18.4 Å². The molecule has 2 aromatic heterocycles. The van der Waals surface area contributed by atoms with Gasteiger partial charge >= 0.3 is 0 Å². The minimum absolute atomic E-state index is 0.156. The number of piperidine rings is 1. The number of aromatic nitrogens is 4. The van der Waals surface area contributed by atoms with E-state index in [9.17, 15) is 4.79 Å². The molecule has 124 valence electrons. The van der Waals surface area contributed by atoms with E-state index in [4.69, 9.17) is 0 Å². The molecule has 1 fully saturated rings. The van der Waals surface area contributed by atoms with Crippen molar-refractivity contribution in [1.29, 1.82) is 0 Å². The Balaban J connectivity index is 1.76. The number of carbonyl (C=O) groups excluding carboxylic acids is 1. The first-order chi connectivity index (χ1) is 11.1. The van der Waals surface area contributed by atoms with E-state index in [-0.39, 0.29) is 11.9 Å². The van der Waals surface area contributed by atoms with Crippen molar-refractivity contribution in [2.45, 2.75) is 38.6 Å². The molecule has 0 aromatic carbocycles. The molecule has 2 aromatic rings. The summed E-state index contributed by atoms with van der Waals surface area (Å²) in [4.78, 5) is 17.1. The third-order valence-corrected chi connectivity index (χ3v) is 4.28. The maximum absolute atomic E-state index is 12.5. The van der Waals surface area contributed by atoms with Gasteiger partial charge in [0.25, 0.3) is 5.91 Å². The molecule has 1 saturated heterocycles. The molecule has 0 spiro atoms. The molecule has 23 heavy (non-hydrogen) atoms. The van der Waals surface area contributed by atoms with Crippen LogP contribution in [0.4, 0.5) is 5.95 Å². The van der Waals surface area contributed by atoms with E-state index in [2.05, 4.69) is 20.7 Å². The van der Waals surface area contributed by atoms with Gasteiger partial charge in [-0.1, -0.05) is 0 Å². The summed E-state index contributed by atoms with van der Waals surface area (Å²) in [6, 6.07) is 3.93. The Morgan fingerprint density at radius 2 is 2.13 bits per heavy atom. The predicted octanol–water partition coefficient (Wildman–Crippen LogP) is 1.92. The van der Waals surface area contributed by atoms with E-state index in [1.807, 2.05) is 43.8 Å². The van der Waals surface area contributed by atoms with Crippen LogP contribution in [0, 0.1) is 0 Å². The molecule has 0 saturated carbocycles. The summed E-state index contributed by atoms with van der Waals surface area (Å²) in [7, 11) is 1.81. The molecule has 0 atom stereocenters. The number of anilines is 1. The molecule has 1 amide bonds. The number of aryl methyl sites for hydroxylation is 1. The van der Waals surface area contributed by atoms with Crippen LogP contribution < -0.4 is 10.6 Å². The van der Waals surface area contributed by atoms with Crippen molar-refractivity contribution in [2.24, 2.45) is 7.05 Å². The smallest absolute Gasteiger partial charge is 0.274 e. The van der Waals surface area contributed by atoms with Crippen LogP contribution in [-0.2, 0) is 7.05 Å². The van der Waals surface area contributed by atoms with E-state index in [0.29, 0.717) is 17.6 Å². The van der Waals surface area contributed by atoms with Gasteiger partial charge in [-0.15, -0.1) is 0 Å². The van der Waals surface area contributed by atoms with Gasteiger partial charge in [0, 0.05) is 25.2 Å². The highest BCUT2D eigenvalue weighted by Gasteiger charge is 2.22. The highest BCUT2D eigenvalue weighted by Crippen LogP contribution is 2.23. The lowest BCUT2D eigenvalue weighted by atomic mass is 9.98. The van der Waals surface area contributed by atoms with Gasteiger partial charge in [0.1, 0.15) is 5.69 Å². The molecule has 7 heteroatoms. The molecule has 7 nitrogen and oxygen atoms in total. The number of hydrogen-bond donors (Lipinski definition) is 2. The molecule has 0 radical (unpaired) electrons. The topological polar surface area (TPSA) is 76.8 Å². The predicted molar refractivity (Wildman–Crippen MR) is 88.6 cm³/mol. The number of rotatable bonds is 4. The zero-order valence-electron chi connectivity index (χ0n) is 13.9. The fraction of sp³-hybridized carbons (Fsp3) is 0.562. The standard InChI is InChI=1S/C16H24N6O/c1-11(2)22-10-4-5-13(22)15(23)19-16-18-14(20-21(16)3)12-6-8-17-9-7-12/h4-5,10-12,17H,6-9H2,1-3H3,(H,18,19,20,23). The van der Waals surface area contributed by atoms with Crippen molar-refractivity contribution in [3.8, 4) is 0 Å². The van der Waals surface area contributed by atoms with Gasteiger partial charge in [0.15, 0.2) is 5.82 Å². The van der Waals surface area contributed by atoms with Crippen LogP contribution in [0.3, 0.4) is 0 Å².